The molecule has 1 N–H and O–H groups in total. The summed E-state index contributed by atoms with van der Waals surface area (Å²) in [6.45, 7) is 5.90. The van der Waals surface area contributed by atoms with Crippen molar-refractivity contribution >= 4 is 16.1 Å². The molecule has 0 fully saturated rings. The summed E-state index contributed by atoms with van der Waals surface area (Å²) in [6, 6.07) is 7.89. The Morgan fingerprint density at radius 3 is 2.52 bits per heavy atom. The van der Waals surface area contributed by atoms with Gasteiger partial charge in [0.25, 0.3) is 0 Å². The number of nitrogens with zero attached hydrogens (tertiary/aromatic N) is 2. The SMILES string of the molecule is CCN(CC)S(=O)(=O)CCNC(=O)N1CCc2ccccc2C1. The van der Waals surface area contributed by atoms with E-state index in [-0.39, 0.29) is 18.3 Å². The number of fused-ring (bicyclic) bond motifs is 1. The van der Waals surface area contributed by atoms with Crippen molar-refractivity contribution in [3.8, 4) is 0 Å². The first-order valence-corrected chi connectivity index (χ1v) is 9.66. The van der Waals surface area contributed by atoms with Crippen molar-refractivity contribution in [3.05, 3.63) is 35.4 Å². The number of carbonyl (C=O) groups is 1. The number of hydrogen-bond donors (Lipinski definition) is 1. The molecule has 1 aliphatic rings. The minimum Gasteiger partial charge on any atom is -0.337 e. The summed E-state index contributed by atoms with van der Waals surface area (Å²) in [5.41, 5.74) is 2.44. The van der Waals surface area contributed by atoms with Gasteiger partial charge in [-0.2, -0.15) is 0 Å². The third-order valence-electron chi connectivity index (χ3n) is 4.15. The van der Waals surface area contributed by atoms with E-state index >= 15 is 0 Å². The molecule has 2 amide bonds. The van der Waals surface area contributed by atoms with Gasteiger partial charge in [0.15, 0.2) is 0 Å². The molecule has 0 atom stereocenters. The molecule has 23 heavy (non-hydrogen) atoms. The van der Waals surface area contributed by atoms with Gasteiger partial charge in [-0.1, -0.05) is 38.1 Å². The predicted octanol–water partition coefficient (Wildman–Crippen LogP) is 1.43. The molecule has 0 radical (unpaired) electrons. The molecule has 128 valence electrons. The summed E-state index contributed by atoms with van der Waals surface area (Å²) in [4.78, 5) is 13.9. The van der Waals surface area contributed by atoms with Gasteiger partial charge in [0.05, 0.1) is 5.75 Å². The van der Waals surface area contributed by atoms with E-state index in [0.29, 0.717) is 26.2 Å². The summed E-state index contributed by atoms with van der Waals surface area (Å²) in [7, 11) is -3.30. The molecule has 0 saturated carbocycles. The summed E-state index contributed by atoms with van der Waals surface area (Å²) in [5.74, 6) is -0.0646. The Bertz CT molecular complexity index is 642. The van der Waals surface area contributed by atoms with Crippen molar-refractivity contribution in [1.82, 2.24) is 14.5 Å². The Labute approximate surface area is 138 Å². The Hall–Kier alpha value is -1.60. The molecule has 0 aliphatic carbocycles. The minimum absolute atomic E-state index is 0.0646. The van der Waals surface area contributed by atoms with Crippen molar-refractivity contribution in [2.75, 3.05) is 31.9 Å². The van der Waals surface area contributed by atoms with E-state index in [1.165, 1.54) is 9.87 Å². The first-order chi connectivity index (χ1) is 11.0. The zero-order valence-corrected chi connectivity index (χ0v) is 14.6. The number of hydrogen-bond acceptors (Lipinski definition) is 3. The fourth-order valence-electron chi connectivity index (χ4n) is 2.81. The average molecular weight is 339 g/mol. The molecule has 6 nitrogen and oxygen atoms in total. The van der Waals surface area contributed by atoms with E-state index in [1.807, 2.05) is 32.0 Å². The van der Waals surface area contributed by atoms with E-state index in [0.717, 1.165) is 12.0 Å². The molecule has 1 aromatic carbocycles. The second-order valence-electron chi connectivity index (χ2n) is 5.57. The largest absolute Gasteiger partial charge is 0.337 e. The second-order valence-corrected chi connectivity index (χ2v) is 7.66. The number of amides is 2. The number of urea groups is 1. The Balaban J connectivity index is 1.84. The van der Waals surface area contributed by atoms with Crippen LogP contribution in [0.4, 0.5) is 4.79 Å². The van der Waals surface area contributed by atoms with Gasteiger partial charge < -0.3 is 10.2 Å². The van der Waals surface area contributed by atoms with Crippen LogP contribution in [0.5, 0.6) is 0 Å². The van der Waals surface area contributed by atoms with Crippen LogP contribution < -0.4 is 5.32 Å². The molecule has 0 aromatic heterocycles. The fraction of sp³-hybridized carbons (Fsp3) is 0.562. The first-order valence-electron chi connectivity index (χ1n) is 8.05. The summed E-state index contributed by atoms with van der Waals surface area (Å²) >= 11 is 0. The van der Waals surface area contributed by atoms with Crippen LogP contribution in [0.25, 0.3) is 0 Å². The van der Waals surface area contributed by atoms with Gasteiger partial charge in [0, 0.05) is 32.7 Å². The van der Waals surface area contributed by atoms with E-state index in [4.69, 9.17) is 0 Å². The lowest BCUT2D eigenvalue weighted by Gasteiger charge is -2.29. The molecule has 2 rings (SSSR count). The number of sulfonamides is 1. The molecule has 1 heterocycles. The molecule has 0 unspecified atom stereocenters. The number of benzene rings is 1. The molecular weight excluding hydrogens is 314 g/mol. The molecule has 0 saturated heterocycles. The van der Waals surface area contributed by atoms with Crippen LogP contribution >= 0.6 is 0 Å². The van der Waals surface area contributed by atoms with Gasteiger partial charge in [0.1, 0.15) is 0 Å². The molecule has 0 spiro atoms. The first kappa shape index (κ1) is 17.7. The van der Waals surface area contributed by atoms with E-state index in [1.54, 1.807) is 4.90 Å². The van der Waals surface area contributed by atoms with Crippen molar-refractivity contribution in [1.29, 1.82) is 0 Å². The van der Waals surface area contributed by atoms with E-state index in [2.05, 4.69) is 11.4 Å². The van der Waals surface area contributed by atoms with Gasteiger partial charge in [-0.25, -0.2) is 17.5 Å². The predicted molar refractivity (Wildman–Crippen MR) is 90.7 cm³/mol. The smallest absolute Gasteiger partial charge is 0.317 e. The lowest BCUT2D eigenvalue weighted by Crippen LogP contribution is -2.45. The fourth-order valence-corrected chi connectivity index (χ4v) is 4.22. The van der Waals surface area contributed by atoms with Gasteiger partial charge in [0.2, 0.25) is 10.0 Å². The van der Waals surface area contributed by atoms with E-state index < -0.39 is 10.0 Å². The van der Waals surface area contributed by atoms with Crippen molar-refractivity contribution < 1.29 is 13.2 Å². The van der Waals surface area contributed by atoms with Crippen LogP contribution in [-0.2, 0) is 23.0 Å². The molecular formula is C16H25N3O3S. The van der Waals surface area contributed by atoms with Gasteiger partial charge in [-0.3, -0.25) is 0 Å². The van der Waals surface area contributed by atoms with Crippen LogP contribution in [0.15, 0.2) is 24.3 Å². The monoisotopic (exact) mass is 339 g/mol. The molecule has 7 heteroatoms. The normalized spacial score (nSPS) is 14.7. The summed E-state index contributed by atoms with van der Waals surface area (Å²) < 4.78 is 25.6. The lowest BCUT2D eigenvalue weighted by molar-refractivity contribution is 0.193. The Morgan fingerprint density at radius 1 is 1.22 bits per heavy atom. The van der Waals surface area contributed by atoms with Crippen LogP contribution in [0.3, 0.4) is 0 Å². The highest BCUT2D eigenvalue weighted by Crippen LogP contribution is 2.18. The zero-order valence-electron chi connectivity index (χ0n) is 13.8. The highest BCUT2D eigenvalue weighted by molar-refractivity contribution is 7.89. The molecule has 1 aliphatic heterocycles. The number of nitrogens with one attached hydrogen (secondary N) is 1. The summed E-state index contributed by atoms with van der Waals surface area (Å²) in [5, 5.41) is 2.72. The Morgan fingerprint density at radius 2 is 1.87 bits per heavy atom. The number of carbonyl (C=O) groups excluding carboxylic acids is 1. The maximum atomic E-state index is 12.2. The van der Waals surface area contributed by atoms with Gasteiger partial charge in [-0.05, 0) is 17.5 Å². The second kappa shape index (κ2) is 7.79. The van der Waals surface area contributed by atoms with Gasteiger partial charge in [-0.15, -0.1) is 0 Å². The topological polar surface area (TPSA) is 69.7 Å². The average Bonchev–Trinajstić information content (AvgIpc) is 2.55. The van der Waals surface area contributed by atoms with Crippen molar-refractivity contribution in [2.45, 2.75) is 26.8 Å². The third kappa shape index (κ3) is 4.45. The van der Waals surface area contributed by atoms with Crippen LogP contribution in [0, 0.1) is 0 Å². The van der Waals surface area contributed by atoms with E-state index in [9.17, 15) is 13.2 Å². The zero-order chi connectivity index (χ0) is 16.9. The Kier molecular flexibility index (Phi) is 6.01. The van der Waals surface area contributed by atoms with Crippen molar-refractivity contribution in [2.24, 2.45) is 0 Å². The number of rotatable bonds is 6. The van der Waals surface area contributed by atoms with Crippen LogP contribution in [0.1, 0.15) is 25.0 Å². The quantitative estimate of drug-likeness (QED) is 0.852. The van der Waals surface area contributed by atoms with Crippen molar-refractivity contribution in [3.63, 3.8) is 0 Å². The minimum atomic E-state index is -3.30. The lowest BCUT2D eigenvalue weighted by atomic mass is 10.0. The highest BCUT2D eigenvalue weighted by atomic mass is 32.2. The summed E-state index contributed by atoms with van der Waals surface area (Å²) in [6.07, 6.45) is 0.835. The molecule has 1 aromatic rings. The maximum absolute atomic E-state index is 12.2. The third-order valence-corrected chi connectivity index (χ3v) is 6.18. The van der Waals surface area contributed by atoms with Crippen LogP contribution in [-0.4, -0.2) is 55.6 Å². The van der Waals surface area contributed by atoms with Gasteiger partial charge >= 0.3 is 6.03 Å². The maximum Gasteiger partial charge on any atom is 0.317 e. The molecule has 0 bridgehead atoms. The highest BCUT2D eigenvalue weighted by Gasteiger charge is 2.22. The standard InChI is InChI=1S/C16H25N3O3S/c1-3-19(4-2)23(21,22)12-10-17-16(20)18-11-9-14-7-5-6-8-15(14)13-18/h5-8H,3-4,9-13H2,1-2H3,(H,17,20). The van der Waals surface area contributed by atoms with Crippen LogP contribution in [0.2, 0.25) is 0 Å².